The topological polar surface area (TPSA) is 15.3 Å². The molecule has 3 unspecified atom stereocenters. The number of nitrogens with one attached hydrogen (secondary N) is 1. The Morgan fingerprint density at radius 3 is 2.63 bits per heavy atom. The molecule has 2 rings (SSSR count). The molecule has 2 nitrogen and oxygen atoms in total. The standard InChI is InChI=1S/C17H34N2/c1-4-11-19(13-16-8-6-10-18-16)17-9-5-7-15(12-17)14(2)3/h14-18H,4-13H2,1-3H3. The Morgan fingerprint density at radius 2 is 2.00 bits per heavy atom. The maximum absolute atomic E-state index is 3.68. The van der Waals surface area contributed by atoms with E-state index in [2.05, 4.69) is 31.0 Å². The molecule has 0 aromatic heterocycles. The van der Waals surface area contributed by atoms with Crippen LogP contribution in [-0.4, -0.2) is 36.6 Å². The van der Waals surface area contributed by atoms with Gasteiger partial charge in [-0.1, -0.05) is 33.6 Å². The average Bonchev–Trinajstić information content (AvgIpc) is 2.91. The monoisotopic (exact) mass is 266 g/mol. The molecule has 1 heterocycles. The number of hydrogen-bond donors (Lipinski definition) is 1. The van der Waals surface area contributed by atoms with Gasteiger partial charge in [-0.25, -0.2) is 0 Å². The van der Waals surface area contributed by atoms with Crippen molar-refractivity contribution in [3.05, 3.63) is 0 Å². The molecular formula is C17H34N2. The third-order valence-corrected chi connectivity index (χ3v) is 5.27. The second-order valence-electron chi connectivity index (χ2n) is 7.11. The first-order valence-corrected chi connectivity index (χ1v) is 8.68. The number of rotatable bonds is 6. The van der Waals surface area contributed by atoms with Crippen molar-refractivity contribution < 1.29 is 0 Å². The quantitative estimate of drug-likeness (QED) is 0.789. The third kappa shape index (κ3) is 4.46. The summed E-state index contributed by atoms with van der Waals surface area (Å²) >= 11 is 0. The van der Waals surface area contributed by atoms with Crippen molar-refractivity contribution in [1.29, 1.82) is 0 Å². The van der Waals surface area contributed by atoms with Gasteiger partial charge in [0.15, 0.2) is 0 Å². The van der Waals surface area contributed by atoms with E-state index in [4.69, 9.17) is 0 Å². The Bertz CT molecular complexity index is 246. The summed E-state index contributed by atoms with van der Waals surface area (Å²) in [7, 11) is 0. The first-order chi connectivity index (χ1) is 9.20. The van der Waals surface area contributed by atoms with E-state index in [1.165, 1.54) is 64.6 Å². The normalized spacial score (nSPS) is 32.4. The molecular weight excluding hydrogens is 232 g/mol. The van der Waals surface area contributed by atoms with Crippen molar-refractivity contribution in [3.8, 4) is 0 Å². The van der Waals surface area contributed by atoms with Crippen LogP contribution in [-0.2, 0) is 0 Å². The van der Waals surface area contributed by atoms with Crippen molar-refractivity contribution >= 4 is 0 Å². The summed E-state index contributed by atoms with van der Waals surface area (Å²) in [6.07, 6.45) is 9.88. The predicted octanol–water partition coefficient (Wildman–Crippen LogP) is 3.67. The molecule has 0 bridgehead atoms. The van der Waals surface area contributed by atoms with Gasteiger partial charge in [-0.3, -0.25) is 4.90 Å². The predicted molar refractivity (Wildman–Crippen MR) is 83.5 cm³/mol. The zero-order valence-electron chi connectivity index (χ0n) is 13.3. The van der Waals surface area contributed by atoms with E-state index in [-0.39, 0.29) is 0 Å². The Kier molecular flexibility index (Phi) is 6.15. The summed E-state index contributed by atoms with van der Waals surface area (Å²) in [5.74, 6) is 1.84. The van der Waals surface area contributed by atoms with E-state index >= 15 is 0 Å². The molecule has 0 aromatic rings. The molecule has 1 aliphatic heterocycles. The SMILES string of the molecule is CCCN(CC1CCCN1)C1CCCC(C(C)C)C1. The first-order valence-electron chi connectivity index (χ1n) is 8.68. The molecule has 0 aromatic carbocycles. The maximum Gasteiger partial charge on any atom is 0.0195 e. The molecule has 0 radical (unpaired) electrons. The minimum atomic E-state index is 0.769. The van der Waals surface area contributed by atoms with Gasteiger partial charge >= 0.3 is 0 Å². The highest BCUT2D eigenvalue weighted by Crippen LogP contribution is 2.32. The van der Waals surface area contributed by atoms with Gasteiger partial charge in [-0.05, 0) is 57.0 Å². The lowest BCUT2D eigenvalue weighted by molar-refractivity contribution is 0.105. The van der Waals surface area contributed by atoms with Gasteiger partial charge in [-0.15, -0.1) is 0 Å². The molecule has 2 aliphatic rings. The molecule has 1 N–H and O–H groups in total. The molecule has 2 fully saturated rings. The van der Waals surface area contributed by atoms with Crippen LogP contribution in [0.15, 0.2) is 0 Å². The van der Waals surface area contributed by atoms with Crippen molar-refractivity contribution in [3.63, 3.8) is 0 Å². The van der Waals surface area contributed by atoms with Crippen LogP contribution in [0.2, 0.25) is 0 Å². The molecule has 112 valence electrons. The fourth-order valence-electron chi connectivity index (χ4n) is 4.04. The van der Waals surface area contributed by atoms with Crippen LogP contribution in [0.25, 0.3) is 0 Å². The fourth-order valence-corrected chi connectivity index (χ4v) is 4.04. The molecule has 0 spiro atoms. The number of hydrogen-bond acceptors (Lipinski definition) is 2. The van der Waals surface area contributed by atoms with E-state index in [0.29, 0.717) is 0 Å². The first kappa shape index (κ1) is 15.3. The minimum Gasteiger partial charge on any atom is -0.313 e. The van der Waals surface area contributed by atoms with Crippen molar-refractivity contribution in [1.82, 2.24) is 10.2 Å². The summed E-state index contributed by atoms with van der Waals surface area (Å²) < 4.78 is 0. The largest absolute Gasteiger partial charge is 0.313 e. The third-order valence-electron chi connectivity index (χ3n) is 5.27. The molecule has 1 aliphatic carbocycles. The number of nitrogens with zero attached hydrogens (tertiary/aromatic N) is 1. The van der Waals surface area contributed by atoms with Crippen LogP contribution < -0.4 is 5.32 Å². The Morgan fingerprint density at radius 1 is 1.16 bits per heavy atom. The van der Waals surface area contributed by atoms with E-state index in [9.17, 15) is 0 Å². The van der Waals surface area contributed by atoms with Gasteiger partial charge in [0.2, 0.25) is 0 Å². The van der Waals surface area contributed by atoms with Crippen molar-refractivity contribution in [2.45, 2.75) is 77.8 Å². The highest BCUT2D eigenvalue weighted by Gasteiger charge is 2.29. The van der Waals surface area contributed by atoms with Gasteiger partial charge in [0.25, 0.3) is 0 Å². The maximum atomic E-state index is 3.68. The van der Waals surface area contributed by atoms with Crippen LogP contribution in [0, 0.1) is 11.8 Å². The summed E-state index contributed by atoms with van der Waals surface area (Å²) in [6.45, 7) is 11.0. The fraction of sp³-hybridized carbons (Fsp3) is 1.00. The highest BCUT2D eigenvalue weighted by molar-refractivity contribution is 4.85. The Hall–Kier alpha value is -0.0800. The van der Waals surface area contributed by atoms with Crippen LogP contribution in [0.3, 0.4) is 0 Å². The Labute approximate surface area is 120 Å². The zero-order valence-corrected chi connectivity index (χ0v) is 13.3. The molecule has 1 saturated carbocycles. The summed E-state index contributed by atoms with van der Waals surface area (Å²) in [5, 5.41) is 3.68. The van der Waals surface area contributed by atoms with Crippen molar-refractivity contribution in [2.24, 2.45) is 11.8 Å². The van der Waals surface area contributed by atoms with E-state index in [1.54, 1.807) is 0 Å². The van der Waals surface area contributed by atoms with Gasteiger partial charge in [0.05, 0.1) is 0 Å². The summed E-state index contributed by atoms with van der Waals surface area (Å²) in [4.78, 5) is 2.82. The average molecular weight is 266 g/mol. The van der Waals surface area contributed by atoms with E-state index in [0.717, 1.165) is 23.9 Å². The second kappa shape index (κ2) is 7.64. The summed E-state index contributed by atoms with van der Waals surface area (Å²) in [5.41, 5.74) is 0. The second-order valence-corrected chi connectivity index (χ2v) is 7.11. The molecule has 3 atom stereocenters. The van der Waals surface area contributed by atoms with Crippen molar-refractivity contribution in [2.75, 3.05) is 19.6 Å². The Balaban J connectivity index is 1.89. The van der Waals surface area contributed by atoms with Crippen LogP contribution in [0.1, 0.15) is 65.7 Å². The molecule has 1 saturated heterocycles. The summed E-state index contributed by atoms with van der Waals surface area (Å²) in [6, 6.07) is 1.63. The smallest absolute Gasteiger partial charge is 0.0195 e. The molecule has 19 heavy (non-hydrogen) atoms. The van der Waals surface area contributed by atoms with Gasteiger partial charge in [0.1, 0.15) is 0 Å². The lowest BCUT2D eigenvalue weighted by atomic mass is 9.78. The molecule has 0 amide bonds. The van der Waals surface area contributed by atoms with Crippen LogP contribution in [0.5, 0.6) is 0 Å². The lowest BCUT2D eigenvalue weighted by Gasteiger charge is -2.40. The lowest BCUT2D eigenvalue weighted by Crippen LogP contribution is -2.46. The van der Waals surface area contributed by atoms with Gasteiger partial charge in [0, 0.05) is 18.6 Å². The highest BCUT2D eigenvalue weighted by atomic mass is 15.2. The zero-order chi connectivity index (χ0) is 13.7. The van der Waals surface area contributed by atoms with Crippen LogP contribution in [0.4, 0.5) is 0 Å². The van der Waals surface area contributed by atoms with E-state index in [1.807, 2.05) is 0 Å². The van der Waals surface area contributed by atoms with Crippen LogP contribution >= 0.6 is 0 Å². The molecule has 2 heteroatoms. The van der Waals surface area contributed by atoms with Gasteiger partial charge < -0.3 is 5.32 Å². The minimum absolute atomic E-state index is 0.769. The van der Waals surface area contributed by atoms with Gasteiger partial charge in [-0.2, -0.15) is 0 Å². The van der Waals surface area contributed by atoms with E-state index < -0.39 is 0 Å².